The summed E-state index contributed by atoms with van der Waals surface area (Å²) in [6, 6.07) is 4.25. The van der Waals surface area contributed by atoms with E-state index in [9.17, 15) is 15.0 Å². The number of rotatable bonds is 5. The maximum absolute atomic E-state index is 11.0. The summed E-state index contributed by atoms with van der Waals surface area (Å²) in [5, 5.41) is 36.9. The highest BCUT2D eigenvalue weighted by molar-refractivity contribution is 6.33. The largest absolute Gasteiger partial charge is 0.478 e. The van der Waals surface area contributed by atoms with Gasteiger partial charge in [0.25, 0.3) is 0 Å². The molecule has 2 atom stereocenters. The van der Waals surface area contributed by atoms with Gasteiger partial charge in [-0.3, -0.25) is 0 Å². The van der Waals surface area contributed by atoms with Gasteiger partial charge in [0, 0.05) is 6.61 Å². The van der Waals surface area contributed by atoms with Crippen LogP contribution in [0, 0.1) is 0 Å². The first-order valence-electron chi connectivity index (χ1n) is 4.97. The lowest BCUT2D eigenvalue weighted by Gasteiger charge is -2.19. The second-order valence-electron chi connectivity index (χ2n) is 3.53. The van der Waals surface area contributed by atoms with Gasteiger partial charge in [0.2, 0.25) is 0 Å². The lowest BCUT2D eigenvalue weighted by atomic mass is 9.97. The van der Waals surface area contributed by atoms with Crippen LogP contribution in [0.3, 0.4) is 0 Å². The van der Waals surface area contributed by atoms with Gasteiger partial charge in [-0.15, -0.1) is 0 Å². The van der Waals surface area contributed by atoms with Crippen LogP contribution in [-0.2, 0) is 0 Å². The number of benzene rings is 1. The third-order valence-electron chi connectivity index (χ3n) is 2.37. The van der Waals surface area contributed by atoms with Crippen LogP contribution < -0.4 is 0 Å². The molecule has 0 bridgehead atoms. The summed E-state index contributed by atoms with van der Waals surface area (Å²) in [7, 11) is 0. The lowest BCUT2D eigenvalue weighted by molar-refractivity contribution is 0.00352. The Morgan fingerprint density at radius 1 is 1.35 bits per heavy atom. The second-order valence-corrected chi connectivity index (χ2v) is 3.94. The molecule has 1 aromatic rings. The van der Waals surface area contributed by atoms with Crippen LogP contribution in [0.4, 0.5) is 0 Å². The molecule has 0 amide bonds. The second kappa shape index (κ2) is 5.97. The molecule has 0 aliphatic rings. The zero-order valence-corrected chi connectivity index (χ0v) is 9.63. The molecule has 17 heavy (non-hydrogen) atoms. The van der Waals surface area contributed by atoms with Gasteiger partial charge in [-0.2, -0.15) is 0 Å². The lowest BCUT2D eigenvalue weighted by Crippen LogP contribution is -2.21. The van der Waals surface area contributed by atoms with E-state index in [0.717, 1.165) is 0 Å². The van der Waals surface area contributed by atoms with Crippen molar-refractivity contribution in [3.8, 4) is 0 Å². The van der Waals surface area contributed by atoms with Gasteiger partial charge in [0.15, 0.2) is 0 Å². The van der Waals surface area contributed by atoms with Gasteiger partial charge in [-0.25, -0.2) is 4.79 Å². The number of hydrogen-bond donors (Lipinski definition) is 4. The van der Waals surface area contributed by atoms with Crippen LogP contribution in [0.15, 0.2) is 18.2 Å². The molecule has 94 valence electrons. The van der Waals surface area contributed by atoms with Gasteiger partial charge in [-0.1, -0.05) is 23.7 Å². The Labute approximate surface area is 103 Å². The fourth-order valence-electron chi connectivity index (χ4n) is 1.51. The highest BCUT2D eigenvalue weighted by Gasteiger charge is 2.24. The van der Waals surface area contributed by atoms with Crippen molar-refractivity contribution in [3.63, 3.8) is 0 Å². The smallest absolute Gasteiger partial charge is 0.337 e. The van der Waals surface area contributed by atoms with Crippen LogP contribution >= 0.6 is 11.6 Å². The zero-order chi connectivity index (χ0) is 13.0. The Morgan fingerprint density at radius 3 is 2.53 bits per heavy atom. The number of carboxylic acids is 1. The van der Waals surface area contributed by atoms with Crippen LogP contribution in [0.5, 0.6) is 0 Å². The molecule has 0 saturated carbocycles. The van der Waals surface area contributed by atoms with Crippen molar-refractivity contribution in [2.75, 3.05) is 6.61 Å². The number of aromatic carboxylic acids is 1. The molecular formula is C11H13ClO5. The number of carbonyl (C=O) groups is 1. The molecule has 0 radical (unpaired) electrons. The fourth-order valence-corrected chi connectivity index (χ4v) is 1.77. The van der Waals surface area contributed by atoms with Gasteiger partial charge in [-0.05, 0) is 18.1 Å². The zero-order valence-electron chi connectivity index (χ0n) is 8.88. The maximum atomic E-state index is 11.0. The van der Waals surface area contributed by atoms with E-state index in [-0.39, 0.29) is 29.2 Å². The predicted molar refractivity (Wildman–Crippen MR) is 61.1 cm³/mol. The molecule has 2 unspecified atom stereocenters. The van der Waals surface area contributed by atoms with Crippen molar-refractivity contribution in [3.05, 3.63) is 34.3 Å². The summed E-state index contributed by atoms with van der Waals surface area (Å²) in [6.07, 6.45) is -2.68. The molecule has 5 nitrogen and oxygen atoms in total. The molecule has 0 spiro atoms. The average molecular weight is 261 g/mol. The van der Waals surface area contributed by atoms with E-state index in [4.69, 9.17) is 21.8 Å². The van der Waals surface area contributed by atoms with Crippen LogP contribution in [0.2, 0.25) is 5.02 Å². The van der Waals surface area contributed by atoms with Crippen molar-refractivity contribution < 1.29 is 25.2 Å². The molecule has 6 heteroatoms. The van der Waals surface area contributed by atoms with Gasteiger partial charge in [0.1, 0.15) is 6.10 Å². The Bertz CT molecular complexity index is 407. The molecule has 0 aliphatic carbocycles. The minimum atomic E-state index is -1.40. The van der Waals surface area contributed by atoms with Gasteiger partial charge >= 0.3 is 5.97 Å². The van der Waals surface area contributed by atoms with E-state index < -0.39 is 18.2 Å². The summed E-state index contributed by atoms with van der Waals surface area (Å²) in [5.41, 5.74) is -0.204. The Morgan fingerprint density at radius 2 is 2.00 bits per heavy atom. The van der Waals surface area contributed by atoms with E-state index in [2.05, 4.69) is 0 Å². The molecule has 1 aromatic carbocycles. The van der Waals surface area contributed by atoms with E-state index in [1.807, 2.05) is 0 Å². The van der Waals surface area contributed by atoms with E-state index in [0.29, 0.717) is 0 Å². The van der Waals surface area contributed by atoms with Crippen LogP contribution in [0.1, 0.15) is 28.4 Å². The molecule has 4 N–H and O–H groups in total. The monoisotopic (exact) mass is 260 g/mol. The topological polar surface area (TPSA) is 98.0 Å². The molecule has 0 heterocycles. The summed E-state index contributed by atoms with van der Waals surface area (Å²) < 4.78 is 0. The number of hydrogen-bond acceptors (Lipinski definition) is 4. The van der Waals surface area contributed by atoms with Crippen LogP contribution in [0.25, 0.3) is 0 Å². The molecule has 0 aliphatic heterocycles. The molecular weight excluding hydrogens is 248 g/mol. The van der Waals surface area contributed by atoms with Crippen molar-refractivity contribution in [1.29, 1.82) is 0 Å². The third kappa shape index (κ3) is 3.17. The SMILES string of the molecule is O=C(O)c1c(Cl)cccc1C(O)C(O)CCO. The van der Waals surface area contributed by atoms with Gasteiger partial charge < -0.3 is 20.4 Å². The number of aliphatic hydroxyl groups is 3. The van der Waals surface area contributed by atoms with Crippen LogP contribution in [-0.4, -0.2) is 39.1 Å². The summed E-state index contributed by atoms with van der Waals surface area (Å²) in [6.45, 7) is -0.304. The molecule has 0 fully saturated rings. The number of halogens is 1. The number of carboxylic acid groups (broad SMARTS) is 1. The first kappa shape index (κ1) is 13.9. The Balaban J connectivity index is 3.13. The van der Waals surface area contributed by atoms with E-state index >= 15 is 0 Å². The molecule has 0 saturated heterocycles. The number of aliphatic hydroxyl groups excluding tert-OH is 3. The first-order chi connectivity index (χ1) is 7.99. The van der Waals surface area contributed by atoms with Crippen molar-refractivity contribution in [2.24, 2.45) is 0 Å². The van der Waals surface area contributed by atoms with Crippen molar-refractivity contribution in [1.82, 2.24) is 0 Å². The molecule has 1 rings (SSSR count). The summed E-state index contributed by atoms with van der Waals surface area (Å²) in [4.78, 5) is 11.0. The Kier molecular flexibility index (Phi) is 4.89. The average Bonchev–Trinajstić information content (AvgIpc) is 2.27. The van der Waals surface area contributed by atoms with Gasteiger partial charge in [0.05, 0.1) is 16.7 Å². The minimum Gasteiger partial charge on any atom is -0.478 e. The molecule has 0 aromatic heterocycles. The van der Waals surface area contributed by atoms with E-state index in [1.54, 1.807) is 0 Å². The fraction of sp³-hybridized carbons (Fsp3) is 0.364. The normalized spacial score (nSPS) is 14.4. The van der Waals surface area contributed by atoms with Crippen molar-refractivity contribution in [2.45, 2.75) is 18.6 Å². The predicted octanol–water partition coefficient (Wildman–Crippen LogP) is 0.815. The maximum Gasteiger partial charge on any atom is 0.337 e. The Hall–Kier alpha value is -1.14. The van der Waals surface area contributed by atoms with Crippen molar-refractivity contribution >= 4 is 17.6 Å². The highest BCUT2D eigenvalue weighted by Crippen LogP contribution is 2.27. The summed E-state index contributed by atoms with van der Waals surface area (Å²) >= 11 is 5.73. The van der Waals surface area contributed by atoms with E-state index in [1.165, 1.54) is 18.2 Å². The highest BCUT2D eigenvalue weighted by atomic mass is 35.5. The minimum absolute atomic E-state index is 0.00903. The first-order valence-corrected chi connectivity index (χ1v) is 5.35. The standard InChI is InChI=1S/C11H13ClO5/c12-7-3-1-2-6(9(7)11(16)17)10(15)8(14)4-5-13/h1-3,8,10,13-15H,4-5H2,(H,16,17). The quantitative estimate of drug-likeness (QED) is 0.628. The third-order valence-corrected chi connectivity index (χ3v) is 2.68. The summed E-state index contributed by atoms with van der Waals surface area (Å²) in [5.74, 6) is -1.28.